The number of hydrogen-bond acceptors (Lipinski definition) is 4. The Bertz CT molecular complexity index is 552. The minimum Gasteiger partial charge on any atom is -0.330 e. The van der Waals surface area contributed by atoms with Crippen LogP contribution in [0.5, 0.6) is 0 Å². The van der Waals surface area contributed by atoms with Gasteiger partial charge in [0.1, 0.15) is 4.21 Å². The molecule has 0 bridgehead atoms. The van der Waals surface area contributed by atoms with Gasteiger partial charge in [0.15, 0.2) is 0 Å². The summed E-state index contributed by atoms with van der Waals surface area (Å²) in [7, 11) is -3.32. The molecule has 2 rings (SSSR count). The van der Waals surface area contributed by atoms with E-state index in [1.165, 1.54) is 11.3 Å². The third-order valence-corrected chi connectivity index (χ3v) is 7.81. The third kappa shape index (κ3) is 4.06. The summed E-state index contributed by atoms with van der Waals surface area (Å²) < 4.78 is 27.6. The highest BCUT2D eigenvalue weighted by molar-refractivity contribution is 7.91. The second kappa shape index (κ2) is 7.22. The molecule has 1 aliphatic heterocycles. The molecule has 1 aliphatic rings. The molecule has 2 N–H and O–H groups in total. The number of nitrogens with two attached hydrogens (primary N) is 1. The number of sulfonamides is 1. The van der Waals surface area contributed by atoms with E-state index in [-0.39, 0.29) is 0 Å². The van der Waals surface area contributed by atoms with Gasteiger partial charge in [-0.05, 0) is 56.2 Å². The van der Waals surface area contributed by atoms with Crippen LogP contribution in [0.25, 0.3) is 0 Å². The van der Waals surface area contributed by atoms with Crippen LogP contribution in [0, 0.1) is 11.8 Å². The molecule has 1 saturated heterocycles. The highest BCUT2D eigenvalue weighted by Gasteiger charge is 2.29. The zero-order valence-corrected chi connectivity index (χ0v) is 14.5. The van der Waals surface area contributed by atoms with E-state index in [0.717, 1.165) is 30.6 Å². The monoisotopic (exact) mass is 330 g/mol. The van der Waals surface area contributed by atoms with Gasteiger partial charge in [-0.15, -0.1) is 11.3 Å². The van der Waals surface area contributed by atoms with Crippen LogP contribution in [0.1, 0.15) is 38.0 Å². The number of rotatable bonds is 5. The predicted molar refractivity (Wildman–Crippen MR) is 88.0 cm³/mol. The quantitative estimate of drug-likeness (QED) is 0.903. The molecule has 21 heavy (non-hydrogen) atoms. The van der Waals surface area contributed by atoms with Gasteiger partial charge in [0, 0.05) is 18.0 Å². The second-order valence-corrected chi connectivity index (χ2v) is 9.43. The fourth-order valence-corrected chi connectivity index (χ4v) is 5.92. The minimum absolute atomic E-state index is 0.467. The first-order valence-corrected chi connectivity index (χ1v) is 9.99. The first-order chi connectivity index (χ1) is 9.95. The molecule has 0 amide bonds. The van der Waals surface area contributed by atoms with Gasteiger partial charge in [-0.3, -0.25) is 0 Å². The summed E-state index contributed by atoms with van der Waals surface area (Å²) in [5.41, 5.74) is 5.53. The normalized spacial score (nSPS) is 21.6. The fraction of sp³-hybridized carbons (Fsp3) is 0.733. The van der Waals surface area contributed by atoms with Crippen molar-refractivity contribution < 1.29 is 8.42 Å². The van der Waals surface area contributed by atoms with Crippen molar-refractivity contribution >= 4 is 21.4 Å². The van der Waals surface area contributed by atoms with Gasteiger partial charge in [-0.1, -0.05) is 13.8 Å². The van der Waals surface area contributed by atoms with Crippen molar-refractivity contribution in [3.63, 3.8) is 0 Å². The number of hydrogen-bond donors (Lipinski definition) is 1. The summed E-state index contributed by atoms with van der Waals surface area (Å²) in [5, 5.41) is 0. The molecule has 0 spiro atoms. The molecule has 4 nitrogen and oxygen atoms in total. The molecular formula is C15H26N2O2S2. The van der Waals surface area contributed by atoms with E-state index in [1.54, 1.807) is 10.4 Å². The van der Waals surface area contributed by atoms with E-state index in [2.05, 4.69) is 13.8 Å². The predicted octanol–water partition coefficient (Wildman–Crippen LogP) is 2.70. The van der Waals surface area contributed by atoms with Crippen molar-refractivity contribution in [3.05, 3.63) is 17.0 Å². The maximum Gasteiger partial charge on any atom is 0.252 e. The molecule has 0 radical (unpaired) electrons. The Labute approximate surface area is 132 Å². The summed E-state index contributed by atoms with van der Waals surface area (Å²) in [6, 6.07) is 3.62. The summed E-state index contributed by atoms with van der Waals surface area (Å²) in [4.78, 5) is 1.05. The van der Waals surface area contributed by atoms with Gasteiger partial charge in [-0.25, -0.2) is 8.42 Å². The average molecular weight is 331 g/mol. The zero-order valence-electron chi connectivity index (χ0n) is 12.9. The van der Waals surface area contributed by atoms with Gasteiger partial charge in [0.05, 0.1) is 0 Å². The van der Waals surface area contributed by atoms with E-state index in [9.17, 15) is 8.42 Å². The zero-order chi connectivity index (χ0) is 15.5. The highest BCUT2D eigenvalue weighted by atomic mass is 32.2. The Kier molecular flexibility index (Phi) is 5.82. The van der Waals surface area contributed by atoms with Crippen molar-refractivity contribution in [2.24, 2.45) is 17.6 Å². The van der Waals surface area contributed by atoms with Crippen LogP contribution in [-0.4, -0.2) is 32.4 Å². The third-order valence-electron chi connectivity index (χ3n) is 4.30. The molecule has 1 fully saturated rings. The summed E-state index contributed by atoms with van der Waals surface area (Å²) in [6.45, 7) is 6.31. The lowest BCUT2D eigenvalue weighted by Crippen LogP contribution is -2.31. The van der Waals surface area contributed by atoms with Gasteiger partial charge in [0.2, 0.25) is 0 Å². The molecule has 0 aromatic carbocycles. The summed E-state index contributed by atoms with van der Waals surface area (Å²) >= 11 is 1.36. The molecule has 120 valence electrons. The fourth-order valence-electron chi connectivity index (χ4n) is 2.90. The van der Waals surface area contributed by atoms with Crippen LogP contribution >= 0.6 is 11.3 Å². The first kappa shape index (κ1) is 16.9. The molecule has 1 aromatic heterocycles. The van der Waals surface area contributed by atoms with E-state index < -0.39 is 10.0 Å². The van der Waals surface area contributed by atoms with E-state index >= 15 is 0 Å². The molecule has 1 aromatic rings. The largest absolute Gasteiger partial charge is 0.330 e. The minimum atomic E-state index is -3.32. The van der Waals surface area contributed by atoms with Crippen molar-refractivity contribution in [3.8, 4) is 0 Å². The lowest BCUT2D eigenvalue weighted by molar-refractivity contribution is 0.341. The number of thiophene rings is 1. The molecule has 1 unspecified atom stereocenters. The number of nitrogens with zero attached hydrogens (tertiary/aromatic N) is 1. The Morgan fingerprint density at radius 1 is 1.33 bits per heavy atom. The molecule has 2 heterocycles. The van der Waals surface area contributed by atoms with Gasteiger partial charge in [0.25, 0.3) is 10.0 Å². The Balaban J connectivity index is 2.11. The standard InChI is InChI=1S/C15H26N2O2S2/c1-12(2)13-4-3-10-17(11-8-13)21(18,19)15-6-5-14(20-15)7-9-16/h5-6,12-13H,3-4,7-11,16H2,1-2H3. The molecular weight excluding hydrogens is 304 g/mol. The Hall–Kier alpha value is -0.430. The maximum absolute atomic E-state index is 12.7. The lowest BCUT2D eigenvalue weighted by atomic mass is 9.89. The maximum atomic E-state index is 12.7. The summed E-state index contributed by atoms with van der Waals surface area (Å²) in [5.74, 6) is 1.27. The topological polar surface area (TPSA) is 63.4 Å². The first-order valence-electron chi connectivity index (χ1n) is 7.74. The highest BCUT2D eigenvalue weighted by Crippen LogP contribution is 2.30. The van der Waals surface area contributed by atoms with Crippen LogP contribution < -0.4 is 5.73 Å². The second-order valence-electron chi connectivity index (χ2n) is 6.10. The van der Waals surface area contributed by atoms with Crippen LogP contribution in [-0.2, 0) is 16.4 Å². The average Bonchev–Trinajstić information content (AvgIpc) is 2.75. The van der Waals surface area contributed by atoms with Crippen molar-refractivity contribution in [2.75, 3.05) is 19.6 Å². The Morgan fingerprint density at radius 2 is 2.10 bits per heavy atom. The van der Waals surface area contributed by atoms with Crippen LogP contribution in [0.15, 0.2) is 16.3 Å². The lowest BCUT2D eigenvalue weighted by Gasteiger charge is -2.20. The van der Waals surface area contributed by atoms with Gasteiger partial charge in [-0.2, -0.15) is 4.31 Å². The molecule has 1 atom stereocenters. The molecule has 0 aliphatic carbocycles. The smallest absolute Gasteiger partial charge is 0.252 e. The van der Waals surface area contributed by atoms with Crippen molar-refractivity contribution in [1.82, 2.24) is 4.31 Å². The van der Waals surface area contributed by atoms with Crippen molar-refractivity contribution in [2.45, 2.75) is 43.7 Å². The van der Waals surface area contributed by atoms with Gasteiger partial charge >= 0.3 is 0 Å². The van der Waals surface area contributed by atoms with E-state index in [4.69, 9.17) is 5.73 Å². The van der Waals surface area contributed by atoms with Crippen LogP contribution in [0.2, 0.25) is 0 Å². The Morgan fingerprint density at radius 3 is 2.76 bits per heavy atom. The SMILES string of the molecule is CC(C)C1CCCN(S(=O)(=O)c2ccc(CCN)s2)CC1. The van der Waals surface area contributed by atoms with Crippen molar-refractivity contribution in [1.29, 1.82) is 0 Å². The summed E-state index contributed by atoms with van der Waals surface area (Å²) in [6.07, 6.45) is 3.81. The van der Waals surface area contributed by atoms with Gasteiger partial charge < -0.3 is 5.73 Å². The van der Waals surface area contributed by atoms with Crippen LogP contribution in [0.4, 0.5) is 0 Å². The van der Waals surface area contributed by atoms with E-state index in [0.29, 0.717) is 35.7 Å². The molecule has 6 heteroatoms. The molecule has 0 saturated carbocycles. The van der Waals surface area contributed by atoms with E-state index in [1.807, 2.05) is 6.07 Å². The van der Waals surface area contributed by atoms with Crippen LogP contribution in [0.3, 0.4) is 0 Å².